The Kier molecular flexibility index (Phi) is 5.71. The summed E-state index contributed by atoms with van der Waals surface area (Å²) in [5.74, 6) is 0.515. The number of nitrogens with one attached hydrogen (secondary N) is 2. The molecule has 0 radical (unpaired) electrons. The lowest BCUT2D eigenvalue weighted by Gasteiger charge is -2.13. The van der Waals surface area contributed by atoms with E-state index < -0.39 is 0 Å². The summed E-state index contributed by atoms with van der Waals surface area (Å²) in [6.07, 6.45) is 1.64. The maximum absolute atomic E-state index is 12.5. The van der Waals surface area contributed by atoms with Gasteiger partial charge in [-0.2, -0.15) is 0 Å². The lowest BCUT2D eigenvalue weighted by atomic mass is 10.1. The van der Waals surface area contributed by atoms with E-state index in [1.807, 2.05) is 49.3 Å². The molecule has 1 amide bonds. The fourth-order valence-corrected chi connectivity index (χ4v) is 2.73. The van der Waals surface area contributed by atoms with Crippen LogP contribution in [-0.2, 0) is 6.54 Å². The standard InChI is InChI=1S/C22H24N4O/c1-16-5-4-6-17(13-16)15-24-21-14-18(11-12-23-21)22(27)25-19-7-9-20(10-8-19)26(2)3/h4-14H,15H2,1-3H3,(H,23,24)(H,25,27). The molecule has 0 bridgehead atoms. The largest absolute Gasteiger partial charge is 0.378 e. The van der Waals surface area contributed by atoms with Crippen LogP contribution in [0.2, 0.25) is 0 Å². The number of anilines is 3. The molecule has 0 spiro atoms. The van der Waals surface area contributed by atoms with E-state index in [0.29, 0.717) is 17.9 Å². The molecule has 0 saturated heterocycles. The van der Waals surface area contributed by atoms with Gasteiger partial charge < -0.3 is 15.5 Å². The van der Waals surface area contributed by atoms with E-state index in [2.05, 4.69) is 40.7 Å². The number of pyridine rings is 1. The molecule has 138 valence electrons. The van der Waals surface area contributed by atoms with Crippen molar-refractivity contribution in [1.82, 2.24) is 4.98 Å². The Labute approximate surface area is 160 Å². The minimum Gasteiger partial charge on any atom is -0.378 e. The number of aryl methyl sites for hydroxylation is 1. The van der Waals surface area contributed by atoms with Gasteiger partial charge in [-0.1, -0.05) is 29.8 Å². The topological polar surface area (TPSA) is 57.3 Å². The van der Waals surface area contributed by atoms with Gasteiger partial charge in [-0.05, 0) is 48.9 Å². The summed E-state index contributed by atoms with van der Waals surface area (Å²) in [5, 5.41) is 6.19. The van der Waals surface area contributed by atoms with Crippen molar-refractivity contribution in [2.75, 3.05) is 29.6 Å². The number of carbonyl (C=O) groups excluding carboxylic acids is 1. The first-order valence-corrected chi connectivity index (χ1v) is 8.85. The van der Waals surface area contributed by atoms with Crippen molar-refractivity contribution in [3.8, 4) is 0 Å². The Morgan fingerprint density at radius 1 is 1.04 bits per heavy atom. The molecule has 0 unspecified atom stereocenters. The Morgan fingerprint density at radius 2 is 1.81 bits per heavy atom. The van der Waals surface area contributed by atoms with Crippen LogP contribution in [0.15, 0.2) is 66.9 Å². The van der Waals surface area contributed by atoms with Crippen molar-refractivity contribution >= 4 is 23.1 Å². The molecule has 2 aromatic carbocycles. The van der Waals surface area contributed by atoms with E-state index in [9.17, 15) is 4.79 Å². The molecule has 1 aromatic heterocycles. The quantitative estimate of drug-likeness (QED) is 0.687. The molecule has 0 aliphatic heterocycles. The number of carbonyl (C=O) groups is 1. The number of benzene rings is 2. The van der Waals surface area contributed by atoms with E-state index in [1.54, 1.807) is 18.3 Å². The van der Waals surface area contributed by atoms with E-state index in [0.717, 1.165) is 11.4 Å². The van der Waals surface area contributed by atoms with Gasteiger partial charge >= 0.3 is 0 Å². The SMILES string of the molecule is Cc1cccc(CNc2cc(C(=O)Nc3ccc(N(C)C)cc3)ccn2)c1. The predicted octanol–water partition coefficient (Wildman–Crippen LogP) is 4.32. The van der Waals surface area contributed by atoms with Crippen molar-refractivity contribution in [3.05, 3.63) is 83.6 Å². The molecule has 0 fully saturated rings. The molecule has 3 rings (SSSR count). The molecule has 0 saturated carbocycles. The van der Waals surface area contributed by atoms with Gasteiger partial charge in [0, 0.05) is 43.8 Å². The first kappa shape index (κ1) is 18.5. The molecule has 3 aromatic rings. The molecule has 0 atom stereocenters. The minimum atomic E-state index is -0.159. The van der Waals surface area contributed by atoms with Crippen LogP contribution in [0.3, 0.4) is 0 Å². The first-order valence-electron chi connectivity index (χ1n) is 8.85. The van der Waals surface area contributed by atoms with Crippen molar-refractivity contribution in [1.29, 1.82) is 0 Å². The minimum absolute atomic E-state index is 0.159. The highest BCUT2D eigenvalue weighted by molar-refractivity contribution is 6.04. The average Bonchev–Trinajstić information content (AvgIpc) is 2.67. The van der Waals surface area contributed by atoms with Crippen molar-refractivity contribution in [3.63, 3.8) is 0 Å². The third-order valence-electron chi connectivity index (χ3n) is 4.22. The summed E-state index contributed by atoms with van der Waals surface area (Å²) in [6, 6.07) is 19.5. The average molecular weight is 360 g/mol. The monoisotopic (exact) mass is 360 g/mol. The maximum atomic E-state index is 12.5. The van der Waals surface area contributed by atoms with Gasteiger partial charge in [0.05, 0.1) is 0 Å². The zero-order chi connectivity index (χ0) is 19.2. The zero-order valence-electron chi connectivity index (χ0n) is 15.9. The predicted molar refractivity (Wildman–Crippen MR) is 111 cm³/mol. The Balaban J connectivity index is 1.64. The third kappa shape index (κ3) is 5.07. The van der Waals surface area contributed by atoms with Crippen LogP contribution in [-0.4, -0.2) is 25.0 Å². The van der Waals surface area contributed by atoms with Gasteiger partial charge in [-0.25, -0.2) is 4.98 Å². The van der Waals surface area contributed by atoms with Crippen LogP contribution in [0.5, 0.6) is 0 Å². The summed E-state index contributed by atoms with van der Waals surface area (Å²) in [7, 11) is 3.96. The third-order valence-corrected chi connectivity index (χ3v) is 4.22. The van der Waals surface area contributed by atoms with Crippen LogP contribution in [0.1, 0.15) is 21.5 Å². The lowest BCUT2D eigenvalue weighted by molar-refractivity contribution is 0.102. The highest BCUT2D eigenvalue weighted by atomic mass is 16.1. The molecule has 5 heteroatoms. The molecule has 0 aliphatic carbocycles. The summed E-state index contributed by atoms with van der Waals surface area (Å²) >= 11 is 0. The molecule has 5 nitrogen and oxygen atoms in total. The number of hydrogen-bond acceptors (Lipinski definition) is 4. The Hall–Kier alpha value is -3.34. The Bertz CT molecular complexity index is 920. The molecule has 0 aliphatic rings. The van der Waals surface area contributed by atoms with Crippen LogP contribution < -0.4 is 15.5 Å². The van der Waals surface area contributed by atoms with Crippen molar-refractivity contribution in [2.45, 2.75) is 13.5 Å². The van der Waals surface area contributed by atoms with Gasteiger partial charge in [0.25, 0.3) is 5.91 Å². The number of aromatic nitrogens is 1. The molecule has 2 N–H and O–H groups in total. The fraction of sp³-hybridized carbons (Fsp3) is 0.182. The van der Waals surface area contributed by atoms with E-state index in [4.69, 9.17) is 0 Å². The van der Waals surface area contributed by atoms with Crippen LogP contribution in [0.25, 0.3) is 0 Å². The molecule has 1 heterocycles. The highest BCUT2D eigenvalue weighted by Crippen LogP contribution is 2.17. The van der Waals surface area contributed by atoms with Gasteiger partial charge in [0.2, 0.25) is 0 Å². The second-order valence-electron chi connectivity index (χ2n) is 6.67. The number of hydrogen-bond donors (Lipinski definition) is 2. The summed E-state index contributed by atoms with van der Waals surface area (Å²) in [5.41, 5.74) is 4.80. The second-order valence-corrected chi connectivity index (χ2v) is 6.67. The summed E-state index contributed by atoms with van der Waals surface area (Å²) in [4.78, 5) is 18.8. The van der Waals surface area contributed by atoms with Gasteiger partial charge in [-0.15, -0.1) is 0 Å². The van der Waals surface area contributed by atoms with E-state index >= 15 is 0 Å². The number of amides is 1. The Morgan fingerprint density at radius 3 is 2.52 bits per heavy atom. The molecular weight excluding hydrogens is 336 g/mol. The molecule has 27 heavy (non-hydrogen) atoms. The van der Waals surface area contributed by atoms with E-state index in [-0.39, 0.29) is 5.91 Å². The van der Waals surface area contributed by atoms with Crippen LogP contribution in [0.4, 0.5) is 17.2 Å². The smallest absolute Gasteiger partial charge is 0.255 e. The molecular formula is C22H24N4O. The van der Waals surface area contributed by atoms with Gasteiger partial charge in [-0.3, -0.25) is 4.79 Å². The normalized spacial score (nSPS) is 10.3. The van der Waals surface area contributed by atoms with E-state index in [1.165, 1.54) is 11.1 Å². The maximum Gasteiger partial charge on any atom is 0.255 e. The first-order chi connectivity index (χ1) is 13.0. The highest BCUT2D eigenvalue weighted by Gasteiger charge is 2.08. The fourth-order valence-electron chi connectivity index (χ4n) is 2.73. The zero-order valence-corrected chi connectivity index (χ0v) is 15.9. The number of nitrogens with zero attached hydrogens (tertiary/aromatic N) is 2. The lowest BCUT2D eigenvalue weighted by Crippen LogP contribution is -2.13. The van der Waals surface area contributed by atoms with Gasteiger partial charge in [0.15, 0.2) is 0 Å². The van der Waals surface area contributed by atoms with Gasteiger partial charge in [0.1, 0.15) is 5.82 Å². The van der Waals surface area contributed by atoms with Crippen molar-refractivity contribution < 1.29 is 4.79 Å². The summed E-state index contributed by atoms with van der Waals surface area (Å²) in [6.45, 7) is 2.73. The van der Waals surface area contributed by atoms with Crippen LogP contribution in [0, 0.1) is 6.92 Å². The summed E-state index contributed by atoms with van der Waals surface area (Å²) < 4.78 is 0. The van der Waals surface area contributed by atoms with Crippen LogP contribution >= 0.6 is 0 Å². The van der Waals surface area contributed by atoms with Crippen molar-refractivity contribution in [2.24, 2.45) is 0 Å². The second kappa shape index (κ2) is 8.36. The number of rotatable bonds is 6.